The predicted octanol–water partition coefficient (Wildman–Crippen LogP) is -0.797. The fourth-order valence-corrected chi connectivity index (χ4v) is 1.53. The maximum atomic E-state index is 10.1. The third kappa shape index (κ3) is 5.53. The Morgan fingerprint density at radius 1 is 1.00 bits per heavy atom. The first kappa shape index (κ1) is 14.8. The van der Waals surface area contributed by atoms with E-state index in [4.69, 9.17) is 19.6 Å². The summed E-state index contributed by atoms with van der Waals surface area (Å²) < 4.78 is 20.3. The molecule has 11 heavy (non-hydrogen) atoms. The third-order valence-corrected chi connectivity index (χ3v) is 4.09. The zero-order chi connectivity index (χ0) is 8.58. The Morgan fingerprint density at radius 3 is 1.18 bits per heavy atom. The average molecular weight is 213 g/mol. The quantitative estimate of drug-likeness (QED) is 0.352. The second-order valence-electron chi connectivity index (χ2n) is 1.64. The van der Waals surface area contributed by atoms with Crippen LogP contribution < -0.4 is 0 Å². The normalized spacial score (nSPS) is 12.9. The summed E-state index contributed by atoms with van der Waals surface area (Å²) in [5.74, 6) is 0. The number of hydrogen-bond donors (Lipinski definition) is 4. The van der Waals surface area contributed by atoms with Gasteiger partial charge in [-0.3, -0.25) is 9.13 Å². The summed E-state index contributed by atoms with van der Waals surface area (Å²) in [5.41, 5.74) is 0. The Kier molecular flexibility index (Phi) is 6.07. The van der Waals surface area contributed by atoms with Crippen molar-refractivity contribution in [2.24, 2.45) is 0 Å². The zero-order valence-corrected chi connectivity index (χ0v) is 6.79. The first-order valence-electron chi connectivity index (χ1n) is 2.11. The molecule has 1 radical (unpaired) electrons. The van der Waals surface area contributed by atoms with E-state index >= 15 is 0 Å². The van der Waals surface area contributed by atoms with Gasteiger partial charge in [0.1, 0.15) is 0 Å². The molecule has 63 valence electrons. The van der Waals surface area contributed by atoms with E-state index < -0.39 is 20.6 Å². The molecule has 0 aliphatic rings. The van der Waals surface area contributed by atoms with Gasteiger partial charge in [0.2, 0.25) is 0 Å². The Bertz CT molecular complexity index is 181. The van der Waals surface area contributed by atoms with Crippen molar-refractivity contribution in [1.29, 1.82) is 0 Å². The predicted molar refractivity (Wildman–Crippen MR) is 40.2 cm³/mol. The van der Waals surface area contributed by atoms with Crippen LogP contribution in [0.25, 0.3) is 0 Å². The van der Waals surface area contributed by atoms with Crippen molar-refractivity contribution in [3.8, 4) is 0 Å². The summed E-state index contributed by atoms with van der Waals surface area (Å²) in [6, 6.07) is 0. The van der Waals surface area contributed by atoms with Gasteiger partial charge in [-0.15, -0.1) is 0 Å². The van der Waals surface area contributed by atoms with E-state index in [2.05, 4.69) is 0 Å². The van der Waals surface area contributed by atoms with Crippen LogP contribution in [0.1, 0.15) is 6.92 Å². The van der Waals surface area contributed by atoms with Gasteiger partial charge in [0.15, 0.2) is 5.40 Å². The molecule has 9 heteroatoms. The Labute approximate surface area is 85.6 Å². The van der Waals surface area contributed by atoms with Gasteiger partial charge >= 0.3 is 44.7 Å². The van der Waals surface area contributed by atoms with Gasteiger partial charge in [-0.25, -0.2) is 0 Å². The molecule has 0 aromatic carbocycles. The summed E-state index contributed by atoms with van der Waals surface area (Å²) >= 11 is 0. The molecular formula is C2H8NaO6P2. The average Bonchev–Trinajstić information content (AvgIpc) is 1.59. The topological polar surface area (TPSA) is 115 Å². The molecule has 0 rings (SSSR count). The minimum absolute atomic E-state index is 0. The molecule has 0 fully saturated rings. The third-order valence-electron chi connectivity index (χ3n) is 0.843. The van der Waals surface area contributed by atoms with Crippen LogP contribution in [0, 0.1) is 5.40 Å². The molecule has 0 aromatic rings. The number of hydrogen-bond acceptors (Lipinski definition) is 2. The van der Waals surface area contributed by atoms with Crippen molar-refractivity contribution in [3.05, 3.63) is 5.40 Å². The summed E-state index contributed by atoms with van der Waals surface area (Å²) in [6.07, 6.45) is 0. The molecule has 0 aromatic heterocycles. The van der Waals surface area contributed by atoms with Gasteiger partial charge in [0.05, 0.1) is 0 Å². The summed E-state index contributed by atoms with van der Waals surface area (Å²) in [7, 11) is -9.45. The van der Waals surface area contributed by atoms with Crippen LogP contribution in [-0.2, 0) is 9.13 Å². The maximum absolute atomic E-state index is 10.1. The van der Waals surface area contributed by atoms with Gasteiger partial charge in [-0.05, 0) is 6.92 Å². The van der Waals surface area contributed by atoms with Crippen LogP contribution in [-0.4, -0.2) is 49.1 Å². The fourth-order valence-electron chi connectivity index (χ4n) is 0.170. The van der Waals surface area contributed by atoms with Crippen LogP contribution >= 0.6 is 15.2 Å². The summed E-state index contributed by atoms with van der Waals surface area (Å²) in [6.45, 7) is 0.724. The van der Waals surface area contributed by atoms with Gasteiger partial charge in [-0.2, -0.15) is 0 Å². The first-order chi connectivity index (χ1) is 4.15. The second-order valence-corrected chi connectivity index (χ2v) is 5.51. The van der Waals surface area contributed by atoms with Crippen molar-refractivity contribution >= 4 is 44.7 Å². The van der Waals surface area contributed by atoms with E-state index in [1.807, 2.05) is 0 Å². The Balaban J connectivity index is 0. The van der Waals surface area contributed by atoms with E-state index in [1.165, 1.54) is 0 Å². The fraction of sp³-hybridized carbons (Fsp3) is 0.500. The Morgan fingerprint density at radius 2 is 1.18 bits per heavy atom. The molecule has 0 amide bonds. The van der Waals surface area contributed by atoms with Crippen molar-refractivity contribution < 1.29 is 28.7 Å². The molecule has 0 aliphatic carbocycles. The van der Waals surface area contributed by atoms with E-state index in [0.29, 0.717) is 0 Å². The monoisotopic (exact) mass is 213 g/mol. The zero-order valence-electron chi connectivity index (χ0n) is 5.00. The van der Waals surface area contributed by atoms with Crippen molar-refractivity contribution in [1.82, 2.24) is 0 Å². The molecule has 4 N–H and O–H groups in total. The van der Waals surface area contributed by atoms with Gasteiger partial charge in [-0.1, -0.05) is 0 Å². The molecule has 0 aliphatic heterocycles. The van der Waals surface area contributed by atoms with Crippen LogP contribution in [0.4, 0.5) is 0 Å². The number of rotatable bonds is 2. The Hall–Kier alpha value is 1.30. The van der Waals surface area contributed by atoms with Crippen LogP contribution in [0.2, 0.25) is 0 Å². The van der Waals surface area contributed by atoms with E-state index in [1.54, 1.807) is 0 Å². The van der Waals surface area contributed by atoms with Crippen LogP contribution in [0.5, 0.6) is 0 Å². The molecule has 0 spiro atoms. The molecule has 0 saturated heterocycles. The summed E-state index contributed by atoms with van der Waals surface area (Å²) in [4.78, 5) is 32.8. The van der Waals surface area contributed by atoms with Crippen LogP contribution in [0.3, 0.4) is 0 Å². The minimum atomic E-state index is -4.72. The standard InChI is InChI=1S/C2H7O6P2.Na.H/c1-2(9(3,4)5)10(6,7)8;;/h1H3,(H2,3,4,5)(H2,6,7,8);;. The van der Waals surface area contributed by atoms with E-state index in [9.17, 15) is 9.13 Å². The molecule has 0 bridgehead atoms. The molecule has 0 atom stereocenters. The van der Waals surface area contributed by atoms with Crippen molar-refractivity contribution in [2.75, 3.05) is 0 Å². The molecule has 0 unspecified atom stereocenters. The molecule has 0 saturated carbocycles. The van der Waals surface area contributed by atoms with Gasteiger partial charge in [0.25, 0.3) is 0 Å². The molecular weight excluding hydrogens is 205 g/mol. The second kappa shape index (κ2) is 4.51. The summed E-state index contributed by atoms with van der Waals surface area (Å²) in [5, 5.41) is -1.10. The SMILES string of the molecule is C[C](P(=O)(O)O)P(=O)(O)O.[NaH]. The van der Waals surface area contributed by atoms with E-state index in [-0.39, 0.29) is 29.6 Å². The van der Waals surface area contributed by atoms with Crippen molar-refractivity contribution in [2.45, 2.75) is 6.92 Å². The molecule has 6 nitrogen and oxygen atoms in total. The van der Waals surface area contributed by atoms with Crippen molar-refractivity contribution in [3.63, 3.8) is 0 Å². The van der Waals surface area contributed by atoms with Crippen LogP contribution in [0.15, 0.2) is 0 Å². The molecule has 0 heterocycles. The van der Waals surface area contributed by atoms with Gasteiger partial charge in [0, 0.05) is 0 Å². The first-order valence-corrected chi connectivity index (χ1v) is 5.34. The van der Waals surface area contributed by atoms with E-state index in [0.717, 1.165) is 6.92 Å². The van der Waals surface area contributed by atoms with Gasteiger partial charge < -0.3 is 19.6 Å².